The van der Waals surface area contributed by atoms with E-state index >= 15 is 0 Å². The highest BCUT2D eigenvalue weighted by Crippen LogP contribution is 2.07. The maximum absolute atomic E-state index is 11.0. The molecule has 0 saturated carbocycles. The maximum atomic E-state index is 11.0. The van der Waals surface area contributed by atoms with Gasteiger partial charge in [-0.25, -0.2) is 0 Å². The highest BCUT2D eigenvalue weighted by molar-refractivity contribution is 6.70. The van der Waals surface area contributed by atoms with Crippen molar-refractivity contribution in [1.82, 2.24) is 0 Å². The lowest BCUT2D eigenvalue weighted by Crippen LogP contribution is -2.37. The molecule has 0 aromatic heterocycles. The molecule has 0 heterocycles. The van der Waals surface area contributed by atoms with E-state index < -0.39 is 16.6 Å². The minimum Gasteiger partial charge on any atom is -0.264 e. The fourth-order valence-corrected chi connectivity index (χ4v) is 1.51. The number of nitrogens with zero attached hydrogens (tertiary/aromatic N) is 1. The Morgan fingerprint density at radius 2 is 1.08 bits per heavy atom. The Kier molecular flexibility index (Phi) is 3.46. The van der Waals surface area contributed by atoms with Gasteiger partial charge in [-0.1, -0.05) is 0 Å². The van der Waals surface area contributed by atoms with Crippen LogP contribution in [0.25, 0.3) is 0 Å². The highest BCUT2D eigenvalue weighted by atomic mass is 28.4. The van der Waals surface area contributed by atoms with Crippen LogP contribution in [-0.2, 0) is 9.05 Å². The van der Waals surface area contributed by atoms with Crippen molar-refractivity contribution in [3.8, 4) is 0 Å². The molecule has 12 heavy (non-hydrogen) atoms. The zero-order chi connectivity index (χ0) is 9.99. The van der Waals surface area contributed by atoms with E-state index in [1.54, 1.807) is 0 Å². The van der Waals surface area contributed by atoms with Gasteiger partial charge in [0.2, 0.25) is 0 Å². The van der Waals surface area contributed by atoms with Gasteiger partial charge in [0, 0.05) is 0 Å². The third-order valence-electron chi connectivity index (χ3n) is 0.697. The lowest BCUT2D eigenvalue weighted by Gasteiger charge is -2.11. The molecule has 0 rings (SSSR count). The molecule has 0 N–H and O–H groups in total. The Balaban J connectivity index is 3.92. The molecule has 0 saturated heterocycles. The van der Waals surface area contributed by atoms with E-state index in [4.69, 9.17) is 9.05 Å². The average molecular weight is 208 g/mol. The van der Waals surface area contributed by atoms with Crippen LogP contribution in [0.4, 0.5) is 0 Å². The van der Waals surface area contributed by atoms with E-state index in [1.165, 1.54) is 0 Å². The minimum absolute atomic E-state index is 0.290. The van der Waals surface area contributed by atoms with E-state index in [-0.39, 0.29) is 0 Å². The Morgan fingerprint density at radius 1 is 0.833 bits per heavy atom. The second kappa shape index (κ2) is 3.57. The van der Waals surface area contributed by atoms with Crippen molar-refractivity contribution in [2.24, 2.45) is 0 Å². The summed E-state index contributed by atoms with van der Waals surface area (Å²) in [5.74, 6) is 0. The number of hydrogen-bond donors (Lipinski definition) is 0. The largest absolute Gasteiger partial charge is 0.446 e. The predicted octanol–water partition coefficient (Wildman–Crippen LogP) is 2.30. The molecule has 0 aliphatic rings. The van der Waals surface area contributed by atoms with Crippen LogP contribution in [0.2, 0.25) is 39.3 Å². The van der Waals surface area contributed by atoms with Crippen LogP contribution >= 0.6 is 0 Å². The molecule has 0 aromatic rings. The first-order valence-electron chi connectivity index (χ1n) is 3.96. The van der Waals surface area contributed by atoms with Crippen molar-refractivity contribution < 1.29 is 14.1 Å². The van der Waals surface area contributed by atoms with Gasteiger partial charge < -0.3 is 0 Å². The SMILES string of the molecule is C[Si](C)(C)O[N+](=O)O[Si](C)(C)C. The summed E-state index contributed by atoms with van der Waals surface area (Å²) in [4.78, 5) is 11.0. The quantitative estimate of drug-likeness (QED) is 0.525. The lowest BCUT2D eigenvalue weighted by molar-refractivity contribution is -0.936. The summed E-state index contributed by atoms with van der Waals surface area (Å²) in [6.45, 7) is 11.6. The molecule has 4 nitrogen and oxygen atoms in total. The van der Waals surface area contributed by atoms with Crippen LogP contribution in [-0.4, -0.2) is 21.7 Å². The van der Waals surface area contributed by atoms with Crippen LogP contribution in [0.15, 0.2) is 0 Å². The van der Waals surface area contributed by atoms with Crippen molar-refractivity contribution in [3.05, 3.63) is 4.91 Å². The van der Waals surface area contributed by atoms with E-state index in [9.17, 15) is 4.91 Å². The van der Waals surface area contributed by atoms with Gasteiger partial charge in [-0.15, -0.1) is 0 Å². The van der Waals surface area contributed by atoms with Crippen molar-refractivity contribution in [3.63, 3.8) is 0 Å². The highest BCUT2D eigenvalue weighted by Gasteiger charge is 2.34. The fraction of sp³-hybridized carbons (Fsp3) is 1.00. The van der Waals surface area contributed by atoms with Crippen molar-refractivity contribution in [2.45, 2.75) is 39.3 Å². The maximum Gasteiger partial charge on any atom is 0.446 e. The molecule has 72 valence electrons. The molecule has 0 aromatic carbocycles. The molecule has 0 aliphatic heterocycles. The van der Waals surface area contributed by atoms with Gasteiger partial charge in [-0.05, 0) is 39.3 Å². The molecular weight excluding hydrogens is 190 g/mol. The number of rotatable bonds is 4. The van der Waals surface area contributed by atoms with Crippen molar-refractivity contribution in [1.29, 1.82) is 0 Å². The first-order chi connectivity index (χ1) is 5.10. The molecule has 0 bridgehead atoms. The third kappa shape index (κ3) is 7.74. The molecule has 0 amide bonds. The molecule has 0 fully saturated rings. The Morgan fingerprint density at radius 3 is 1.25 bits per heavy atom. The van der Waals surface area contributed by atoms with E-state index in [2.05, 4.69) is 0 Å². The van der Waals surface area contributed by atoms with Crippen molar-refractivity contribution >= 4 is 16.6 Å². The van der Waals surface area contributed by atoms with Gasteiger partial charge in [0.1, 0.15) is 4.91 Å². The Hall–Kier alpha value is -0.366. The summed E-state index contributed by atoms with van der Waals surface area (Å²) in [5, 5.41) is 0.290. The van der Waals surface area contributed by atoms with Gasteiger partial charge in [-0.3, -0.25) is 9.05 Å². The molecule has 6 heteroatoms. The topological polar surface area (TPSA) is 38.5 Å². The third-order valence-corrected chi connectivity index (χ3v) is 2.09. The average Bonchev–Trinajstić information content (AvgIpc) is 1.49. The summed E-state index contributed by atoms with van der Waals surface area (Å²) in [6.07, 6.45) is 0. The van der Waals surface area contributed by atoms with Gasteiger partial charge in [0.25, 0.3) is 0 Å². The van der Waals surface area contributed by atoms with Crippen LogP contribution in [0.1, 0.15) is 0 Å². The second-order valence-electron chi connectivity index (χ2n) is 4.63. The minimum atomic E-state index is -1.81. The van der Waals surface area contributed by atoms with Gasteiger partial charge in [0.05, 0.1) is 0 Å². The van der Waals surface area contributed by atoms with E-state index in [0.717, 1.165) is 0 Å². The fourth-order valence-electron chi connectivity index (χ4n) is 0.466. The molecule has 0 spiro atoms. The Labute approximate surface area is 75.6 Å². The molecular formula is C6H18NO3Si2+. The smallest absolute Gasteiger partial charge is 0.264 e. The second-order valence-corrected chi connectivity index (χ2v) is 13.4. The van der Waals surface area contributed by atoms with Crippen molar-refractivity contribution in [2.75, 3.05) is 0 Å². The van der Waals surface area contributed by atoms with Crippen LogP contribution < -0.4 is 0 Å². The predicted molar refractivity (Wildman–Crippen MR) is 52.5 cm³/mol. The summed E-state index contributed by atoms with van der Waals surface area (Å²) in [5.41, 5.74) is 0. The zero-order valence-electron chi connectivity index (χ0n) is 8.67. The molecule has 0 aliphatic carbocycles. The normalized spacial score (nSPS) is 12.5. The summed E-state index contributed by atoms with van der Waals surface area (Å²) in [6, 6.07) is 0. The van der Waals surface area contributed by atoms with E-state index in [0.29, 0.717) is 5.09 Å². The van der Waals surface area contributed by atoms with Crippen LogP contribution in [0.3, 0.4) is 0 Å². The monoisotopic (exact) mass is 208 g/mol. The van der Waals surface area contributed by atoms with Gasteiger partial charge >= 0.3 is 21.7 Å². The Bertz CT molecular complexity index is 153. The first kappa shape index (κ1) is 11.6. The van der Waals surface area contributed by atoms with Gasteiger partial charge in [-0.2, -0.15) is 0 Å². The summed E-state index contributed by atoms with van der Waals surface area (Å²) < 4.78 is 10.1. The van der Waals surface area contributed by atoms with Gasteiger partial charge in [0.15, 0.2) is 0 Å². The van der Waals surface area contributed by atoms with E-state index in [1.807, 2.05) is 39.3 Å². The molecule has 0 unspecified atom stereocenters. The van der Waals surface area contributed by atoms with Crippen LogP contribution in [0, 0.1) is 4.91 Å². The standard InChI is InChI=1S/C6H18NO3Si2/c1-11(2,3)9-7(8)10-12(4,5)6/h1-6H3/q+1. The molecule has 0 atom stereocenters. The summed E-state index contributed by atoms with van der Waals surface area (Å²) >= 11 is 0. The zero-order valence-corrected chi connectivity index (χ0v) is 10.7. The number of hydrogen-bond acceptors (Lipinski definition) is 3. The first-order valence-corrected chi connectivity index (χ1v) is 10.8. The van der Waals surface area contributed by atoms with Crippen LogP contribution in [0.5, 0.6) is 0 Å². The lowest BCUT2D eigenvalue weighted by atomic mass is 11.8. The summed E-state index contributed by atoms with van der Waals surface area (Å²) in [7, 11) is -3.62. The molecule has 0 radical (unpaired) electrons.